The van der Waals surface area contributed by atoms with Crippen molar-refractivity contribution in [2.24, 2.45) is 0 Å². The van der Waals surface area contributed by atoms with Crippen LogP contribution in [0.5, 0.6) is 0 Å². The molecule has 1 aliphatic rings. The summed E-state index contributed by atoms with van der Waals surface area (Å²) >= 11 is 12.4. The number of likely N-dealkylation sites (tertiary alicyclic amines) is 1. The lowest BCUT2D eigenvalue weighted by molar-refractivity contribution is 0.194. The molecule has 2 heterocycles. The zero-order valence-corrected chi connectivity index (χ0v) is 21.7. The summed E-state index contributed by atoms with van der Waals surface area (Å²) in [4.78, 5) is 27.4. The smallest absolute Gasteiger partial charge is 0.324 e. The van der Waals surface area contributed by atoms with E-state index in [0.717, 1.165) is 24.9 Å². The zero-order valence-electron chi connectivity index (χ0n) is 20.2. The molecule has 5 rings (SSSR count). The predicted octanol–water partition coefficient (Wildman–Crippen LogP) is 6.00. The molecule has 0 radical (unpaired) electrons. The molecule has 1 aromatic heterocycles. The number of nitrogens with one attached hydrogen (secondary N) is 1. The number of carbonyl (C=O) groups is 1. The van der Waals surface area contributed by atoms with E-state index in [1.165, 1.54) is 15.8 Å². The Labute approximate surface area is 225 Å². The minimum Gasteiger partial charge on any atom is -0.324 e. The highest BCUT2D eigenvalue weighted by Crippen LogP contribution is 2.32. The van der Waals surface area contributed by atoms with E-state index in [2.05, 4.69) is 22.5 Å². The molecule has 0 aliphatic carbocycles. The maximum atomic E-state index is 12.9. The standard InChI is InChI=1S/C28H27Cl2N5O2/c29-24-7-4-8-25(30)26(24)32-27(36)33-16-14-22(15-17-33)21-9-11-23(12-10-21)34-19-31-35(28(34)37)18-13-20-5-2-1-3-6-20/h1-12,19,22H,13-18H2,(H,32,36). The van der Waals surface area contributed by atoms with Crippen LogP contribution in [0.25, 0.3) is 5.69 Å². The number of para-hydroxylation sites is 1. The van der Waals surface area contributed by atoms with Crippen LogP contribution in [-0.4, -0.2) is 38.4 Å². The van der Waals surface area contributed by atoms with Crippen molar-refractivity contribution < 1.29 is 4.79 Å². The molecule has 0 bridgehead atoms. The lowest BCUT2D eigenvalue weighted by Crippen LogP contribution is -2.40. The molecular weight excluding hydrogens is 509 g/mol. The van der Waals surface area contributed by atoms with Gasteiger partial charge in [0.25, 0.3) is 0 Å². The molecule has 0 atom stereocenters. The second-order valence-electron chi connectivity index (χ2n) is 9.12. The molecule has 9 heteroatoms. The summed E-state index contributed by atoms with van der Waals surface area (Å²) in [6.45, 7) is 1.80. The van der Waals surface area contributed by atoms with Crippen LogP contribution in [0.4, 0.5) is 10.5 Å². The molecule has 7 nitrogen and oxygen atoms in total. The lowest BCUT2D eigenvalue weighted by atomic mass is 9.89. The first-order valence-electron chi connectivity index (χ1n) is 12.3. The SMILES string of the molecule is O=C(Nc1c(Cl)cccc1Cl)N1CCC(c2ccc(-n3cnn(CCc4ccccc4)c3=O)cc2)CC1. The number of benzene rings is 3. The molecule has 4 aromatic rings. The Morgan fingerprint density at radius 2 is 1.59 bits per heavy atom. The maximum absolute atomic E-state index is 12.9. The minimum absolute atomic E-state index is 0.151. The number of anilines is 1. The van der Waals surface area contributed by atoms with Crippen LogP contribution in [-0.2, 0) is 13.0 Å². The number of amides is 2. The second-order valence-corrected chi connectivity index (χ2v) is 9.94. The lowest BCUT2D eigenvalue weighted by Gasteiger charge is -2.32. The summed E-state index contributed by atoms with van der Waals surface area (Å²) in [5.41, 5.74) is 3.44. The summed E-state index contributed by atoms with van der Waals surface area (Å²) in [6.07, 6.45) is 4.02. The minimum atomic E-state index is -0.201. The number of carbonyl (C=O) groups excluding carboxylic acids is 1. The van der Waals surface area contributed by atoms with E-state index in [0.29, 0.717) is 41.3 Å². The van der Waals surface area contributed by atoms with Gasteiger partial charge in [-0.3, -0.25) is 0 Å². The quantitative estimate of drug-likeness (QED) is 0.329. The molecule has 1 aliphatic heterocycles. The van der Waals surface area contributed by atoms with Crippen molar-refractivity contribution in [2.75, 3.05) is 18.4 Å². The first-order valence-corrected chi connectivity index (χ1v) is 13.0. The molecule has 2 amide bonds. The molecule has 190 valence electrons. The van der Waals surface area contributed by atoms with Crippen LogP contribution in [0.3, 0.4) is 0 Å². The van der Waals surface area contributed by atoms with E-state index in [1.54, 1.807) is 34.0 Å². The first-order chi connectivity index (χ1) is 18.0. The van der Waals surface area contributed by atoms with E-state index in [9.17, 15) is 9.59 Å². The fourth-order valence-corrected chi connectivity index (χ4v) is 5.17. The Morgan fingerprint density at radius 3 is 2.27 bits per heavy atom. The molecule has 3 aromatic carbocycles. The summed E-state index contributed by atoms with van der Waals surface area (Å²) in [6, 6.07) is 23.0. The third kappa shape index (κ3) is 5.73. The molecular formula is C28H27Cl2N5O2. The summed E-state index contributed by atoms with van der Waals surface area (Å²) < 4.78 is 3.07. The highest BCUT2D eigenvalue weighted by Gasteiger charge is 2.25. The van der Waals surface area contributed by atoms with E-state index in [4.69, 9.17) is 23.2 Å². The van der Waals surface area contributed by atoms with Gasteiger partial charge in [0.1, 0.15) is 6.33 Å². The van der Waals surface area contributed by atoms with Crippen LogP contribution >= 0.6 is 23.2 Å². The van der Waals surface area contributed by atoms with Gasteiger partial charge in [-0.15, -0.1) is 0 Å². The van der Waals surface area contributed by atoms with Gasteiger partial charge >= 0.3 is 11.7 Å². The normalized spacial score (nSPS) is 14.1. The fraction of sp³-hybridized carbons (Fsp3) is 0.250. The van der Waals surface area contributed by atoms with Gasteiger partial charge in [0.2, 0.25) is 0 Å². The van der Waals surface area contributed by atoms with Gasteiger partial charge < -0.3 is 10.2 Å². The molecule has 1 saturated heterocycles. The molecule has 37 heavy (non-hydrogen) atoms. The molecule has 0 saturated carbocycles. The highest BCUT2D eigenvalue weighted by atomic mass is 35.5. The average molecular weight is 536 g/mol. The number of urea groups is 1. The molecule has 0 spiro atoms. The number of aryl methyl sites for hydroxylation is 2. The first kappa shape index (κ1) is 25.1. The maximum Gasteiger partial charge on any atom is 0.350 e. The Balaban J connectivity index is 1.18. The monoisotopic (exact) mass is 535 g/mol. The third-order valence-electron chi connectivity index (χ3n) is 6.81. The van der Waals surface area contributed by atoms with Gasteiger partial charge in [0.15, 0.2) is 0 Å². The van der Waals surface area contributed by atoms with Crippen molar-refractivity contribution in [1.29, 1.82) is 0 Å². The average Bonchev–Trinajstić information content (AvgIpc) is 3.30. The van der Waals surface area contributed by atoms with Crippen molar-refractivity contribution in [1.82, 2.24) is 19.2 Å². The topological polar surface area (TPSA) is 72.2 Å². The van der Waals surface area contributed by atoms with E-state index in [1.807, 2.05) is 42.5 Å². The Kier molecular flexibility index (Phi) is 7.63. The van der Waals surface area contributed by atoms with Crippen LogP contribution < -0.4 is 11.0 Å². The van der Waals surface area contributed by atoms with Gasteiger partial charge in [0, 0.05) is 13.1 Å². The highest BCUT2D eigenvalue weighted by molar-refractivity contribution is 6.39. The Morgan fingerprint density at radius 1 is 0.919 bits per heavy atom. The third-order valence-corrected chi connectivity index (χ3v) is 7.44. The summed E-state index contributed by atoms with van der Waals surface area (Å²) in [5.74, 6) is 0.340. The number of halogens is 2. The number of aromatic nitrogens is 3. The van der Waals surface area contributed by atoms with Crippen LogP contribution in [0.1, 0.15) is 29.9 Å². The van der Waals surface area contributed by atoms with Crippen LogP contribution in [0.2, 0.25) is 10.0 Å². The summed E-state index contributed by atoms with van der Waals surface area (Å²) in [7, 11) is 0. The second kappa shape index (κ2) is 11.2. The Bertz CT molecular complexity index is 1400. The number of hydrogen-bond acceptors (Lipinski definition) is 3. The van der Waals surface area contributed by atoms with Gasteiger partial charge in [0.05, 0.1) is 28.0 Å². The van der Waals surface area contributed by atoms with Gasteiger partial charge in [-0.1, -0.05) is 71.7 Å². The number of hydrogen-bond donors (Lipinski definition) is 1. The molecule has 1 fully saturated rings. The van der Waals surface area contributed by atoms with Gasteiger partial charge in [-0.2, -0.15) is 5.10 Å². The van der Waals surface area contributed by atoms with Crippen molar-refractivity contribution in [3.05, 3.63) is 111 Å². The fourth-order valence-electron chi connectivity index (χ4n) is 4.67. The molecule has 1 N–H and O–H groups in total. The largest absolute Gasteiger partial charge is 0.350 e. The van der Waals surface area contributed by atoms with Crippen molar-refractivity contribution in [3.63, 3.8) is 0 Å². The number of rotatable bonds is 6. The number of piperidine rings is 1. The zero-order chi connectivity index (χ0) is 25.8. The summed E-state index contributed by atoms with van der Waals surface area (Å²) in [5, 5.41) is 7.96. The Hall–Kier alpha value is -3.55. The van der Waals surface area contributed by atoms with Crippen LogP contribution in [0.15, 0.2) is 83.9 Å². The van der Waals surface area contributed by atoms with Crippen molar-refractivity contribution in [2.45, 2.75) is 31.7 Å². The predicted molar refractivity (Wildman–Crippen MR) is 147 cm³/mol. The van der Waals surface area contributed by atoms with Gasteiger partial charge in [-0.25, -0.2) is 18.8 Å². The van der Waals surface area contributed by atoms with Crippen molar-refractivity contribution >= 4 is 34.9 Å². The molecule has 0 unspecified atom stereocenters. The van der Waals surface area contributed by atoms with E-state index in [-0.39, 0.29) is 11.7 Å². The van der Waals surface area contributed by atoms with Crippen LogP contribution in [0, 0.1) is 0 Å². The number of nitrogens with zero attached hydrogens (tertiary/aromatic N) is 4. The van der Waals surface area contributed by atoms with E-state index < -0.39 is 0 Å². The van der Waals surface area contributed by atoms with Gasteiger partial charge in [-0.05, 0) is 60.6 Å². The van der Waals surface area contributed by atoms with Crippen molar-refractivity contribution in [3.8, 4) is 5.69 Å². The van der Waals surface area contributed by atoms with E-state index >= 15 is 0 Å².